The minimum absolute atomic E-state index is 1.09. The van der Waals surface area contributed by atoms with Gasteiger partial charge in [-0.25, -0.2) is 0 Å². The zero-order valence-corrected chi connectivity index (χ0v) is 12.1. The SMILES string of the molecule is CCCC1=Cc2cc(Br)n(-c3ccccc3)c2C1. The highest BCUT2D eigenvalue weighted by Crippen LogP contribution is 2.34. The monoisotopic (exact) mass is 301 g/mol. The van der Waals surface area contributed by atoms with E-state index in [0.717, 1.165) is 11.0 Å². The van der Waals surface area contributed by atoms with Gasteiger partial charge in [-0.1, -0.05) is 43.2 Å². The molecule has 1 aliphatic rings. The zero-order chi connectivity index (χ0) is 12.5. The van der Waals surface area contributed by atoms with E-state index in [2.05, 4.69) is 69.9 Å². The van der Waals surface area contributed by atoms with Crippen LogP contribution in [0.15, 0.2) is 46.6 Å². The number of fused-ring (bicyclic) bond motifs is 1. The largest absolute Gasteiger partial charge is 0.307 e. The van der Waals surface area contributed by atoms with E-state index in [4.69, 9.17) is 0 Å². The van der Waals surface area contributed by atoms with Gasteiger partial charge in [-0.2, -0.15) is 0 Å². The van der Waals surface area contributed by atoms with Gasteiger partial charge in [0.2, 0.25) is 0 Å². The number of para-hydroxylation sites is 1. The van der Waals surface area contributed by atoms with Gasteiger partial charge in [0.15, 0.2) is 0 Å². The molecule has 92 valence electrons. The summed E-state index contributed by atoms with van der Waals surface area (Å²) < 4.78 is 3.46. The summed E-state index contributed by atoms with van der Waals surface area (Å²) in [5.41, 5.74) is 5.57. The molecule has 1 heterocycles. The molecule has 18 heavy (non-hydrogen) atoms. The fourth-order valence-corrected chi connectivity index (χ4v) is 3.33. The van der Waals surface area contributed by atoms with Gasteiger partial charge in [0.25, 0.3) is 0 Å². The van der Waals surface area contributed by atoms with Crippen LogP contribution in [0.5, 0.6) is 0 Å². The molecule has 1 aromatic heterocycles. The van der Waals surface area contributed by atoms with Crippen LogP contribution < -0.4 is 0 Å². The summed E-state index contributed by atoms with van der Waals surface area (Å²) in [7, 11) is 0. The van der Waals surface area contributed by atoms with Crippen molar-refractivity contribution in [3.8, 4) is 5.69 Å². The molecule has 1 aliphatic carbocycles. The molecule has 1 nitrogen and oxygen atoms in total. The van der Waals surface area contributed by atoms with Crippen molar-refractivity contribution in [3.05, 3.63) is 57.8 Å². The maximum atomic E-state index is 3.67. The van der Waals surface area contributed by atoms with Gasteiger partial charge in [0.1, 0.15) is 0 Å². The summed E-state index contributed by atoms with van der Waals surface area (Å²) in [5, 5.41) is 0. The summed E-state index contributed by atoms with van der Waals surface area (Å²) in [5.74, 6) is 0. The molecular formula is C16H16BrN. The summed E-state index contributed by atoms with van der Waals surface area (Å²) in [6.07, 6.45) is 5.87. The number of hydrogen-bond acceptors (Lipinski definition) is 0. The van der Waals surface area contributed by atoms with Crippen molar-refractivity contribution in [1.29, 1.82) is 0 Å². The van der Waals surface area contributed by atoms with Gasteiger partial charge in [0.05, 0.1) is 4.60 Å². The predicted molar refractivity (Wildman–Crippen MR) is 80.1 cm³/mol. The van der Waals surface area contributed by atoms with E-state index in [1.165, 1.54) is 29.8 Å². The molecule has 0 saturated heterocycles. The van der Waals surface area contributed by atoms with Crippen molar-refractivity contribution in [1.82, 2.24) is 4.57 Å². The molecular weight excluding hydrogens is 286 g/mol. The van der Waals surface area contributed by atoms with Crippen molar-refractivity contribution in [2.75, 3.05) is 0 Å². The van der Waals surface area contributed by atoms with E-state index in [1.807, 2.05) is 0 Å². The Bertz CT molecular complexity index is 593. The number of nitrogens with zero attached hydrogens (tertiary/aromatic N) is 1. The number of benzene rings is 1. The molecule has 0 amide bonds. The molecule has 0 saturated carbocycles. The minimum atomic E-state index is 1.09. The molecule has 2 aromatic rings. The smallest absolute Gasteiger partial charge is 0.0900 e. The minimum Gasteiger partial charge on any atom is -0.307 e. The highest BCUT2D eigenvalue weighted by atomic mass is 79.9. The Morgan fingerprint density at radius 2 is 2.00 bits per heavy atom. The number of aromatic nitrogens is 1. The van der Waals surface area contributed by atoms with Crippen LogP contribution in [0.2, 0.25) is 0 Å². The maximum Gasteiger partial charge on any atom is 0.0900 e. The first kappa shape index (κ1) is 11.8. The third-order valence-corrected chi connectivity index (χ3v) is 4.01. The molecule has 0 spiro atoms. The Kier molecular flexibility index (Phi) is 3.13. The maximum absolute atomic E-state index is 3.67. The normalized spacial score (nSPS) is 13.6. The van der Waals surface area contributed by atoms with Gasteiger partial charge in [-0.05, 0) is 46.1 Å². The lowest BCUT2D eigenvalue weighted by Gasteiger charge is -2.10. The third-order valence-electron chi connectivity index (χ3n) is 3.43. The van der Waals surface area contributed by atoms with Crippen LogP contribution in [0.25, 0.3) is 11.8 Å². The predicted octanol–water partition coefficient (Wildman–Crippen LogP) is 4.98. The fraction of sp³-hybridized carbons (Fsp3) is 0.250. The summed E-state index contributed by atoms with van der Waals surface area (Å²) in [6.45, 7) is 2.24. The molecule has 0 unspecified atom stereocenters. The van der Waals surface area contributed by atoms with Gasteiger partial charge in [0, 0.05) is 17.8 Å². The van der Waals surface area contributed by atoms with Crippen molar-refractivity contribution in [3.63, 3.8) is 0 Å². The average molecular weight is 302 g/mol. The van der Waals surface area contributed by atoms with E-state index in [9.17, 15) is 0 Å². The number of allylic oxidation sites excluding steroid dienone is 1. The lowest BCUT2D eigenvalue weighted by molar-refractivity contribution is 0.856. The van der Waals surface area contributed by atoms with E-state index < -0.39 is 0 Å². The highest BCUT2D eigenvalue weighted by Gasteiger charge is 2.19. The molecule has 0 bridgehead atoms. The molecule has 0 atom stereocenters. The lowest BCUT2D eigenvalue weighted by Crippen LogP contribution is -2.00. The summed E-state index contributed by atoms with van der Waals surface area (Å²) >= 11 is 3.67. The topological polar surface area (TPSA) is 4.93 Å². The van der Waals surface area contributed by atoms with Crippen LogP contribution >= 0.6 is 15.9 Å². The first-order valence-corrected chi connectivity index (χ1v) is 7.24. The van der Waals surface area contributed by atoms with E-state index in [-0.39, 0.29) is 0 Å². The standard InChI is InChI=1S/C16H16BrN/c1-2-6-12-9-13-11-16(17)18(15(13)10-12)14-7-4-3-5-8-14/h3-5,7-9,11H,2,6,10H2,1H3. The first-order chi connectivity index (χ1) is 8.79. The van der Waals surface area contributed by atoms with Crippen molar-refractivity contribution in [2.24, 2.45) is 0 Å². The Balaban J connectivity index is 2.03. The summed E-state index contributed by atoms with van der Waals surface area (Å²) in [4.78, 5) is 0. The number of halogens is 1. The molecule has 0 N–H and O–H groups in total. The van der Waals surface area contributed by atoms with E-state index in [0.29, 0.717) is 0 Å². The summed E-state index contributed by atoms with van der Waals surface area (Å²) in [6, 6.07) is 12.8. The molecule has 0 fully saturated rings. The van der Waals surface area contributed by atoms with Crippen LogP contribution in [0.4, 0.5) is 0 Å². The third kappa shape index (κ3) is 1.95. The van der Waals surface area contributed by atoms with Gasteiger partial charge in [-0.15, -0.1) is 0 Å². The lowest BCUT2D eigenvalue weighted by atomic mass is 10.1. The number of hydrogen-bond donors (Lipinski definition) is 0. The van der Waals surface area contributed by atoms with Crippen LogP contribution in [0.1, 0.15) is 31.0 Å². The van der Waals surface area contributed by atoms with Crippen LogP contribution in [-0.4, -0.2) is 4.57 Å². The van der Waals surface area contributed by atoms with Gasteiger partial charge in [-0.3, -0.25) is 0 Å². The second kappa shape index (κ2) is 4.77. The van der Waals surface area contributed by atoms with Crippen molar-refractivity contribution >= 4 is 22.0 Å². The van der Waals surface area contributed by atoms with Crippen LogP contribution in [0.3, 0.4) is 0 Å². The fourth-order valence-electron chi connectivity index (χ4n) is 2.66. The molecule has 0 radical (unpaired) electrons. The van der Waals surface area contributed by atoms with Crippen LogP contribution in [0, 0.1) is 0 Å². The Hall–Kier alpha value is -1.28. The van der Waals surface area contributed by atoms with E-state index in [1.54, 1.807) is 5.57 Å². The second-order valence-electron chi connectivity index (χ2n) is 4.77. The number of rotatable bonds is 3. The van der Waals surface area contributed by atoms with E-state index >= 15 is 0 Å². The molecule has 0 aliphatic heterocycles. The van der Waals surface area contributed by atoms with Crippen molar-refractivity contribution < 1.29 is 0 Å². The first-order valence-electron chi connectivity index (χ1n) is 6.44. The van der Waals surface area contributed by atoms with Crippen molar-refractivity contribution in [2.45, 2.75) is 26.2 Å². The Morgan fingerprint density at radius 1 is 1.22 bits per heavy atom. The van der Waals surface area contributed by atoms with Gasteiger partial charge < -0.3 is 4.57 Å². The molecule has 1 aromatic carbocycles. The zero-order valence-electron chi connectivity index (χ0n) is 10.5. The second-order valence-corrected chi connectivity index (χ2v) is 5.58. The highest BCUT2D eigenvalue weighted by molar-refractivity contribution is 9.10. The van der Waals surface area contributed by atoms with Gasteiger partial charge >= 0.3 is 0 Å². The average Bonchev–Trinajstić information content (AvgIpc) is 2.86. The quantitative estimate of drug-likeness (QED) is 0.753. The Labute approximate surface area is 116 Å². The molecule has 3 rings (SSSR count). The molecule has 2 heteroatoms. The van der Waals surface area contributed by atoms with Crippen LogP contribution in [-0.2, 0) is 6.42 Å². The Morgan fingerprint density at radius 3 is 2.72 bits per heavy atom.